The van der Waals surface area contributed by atoms with Gasteiger partial charge >= 0.3 is 0 Å². The average Bonchev–Trinajstić information content (AvgIpc) is 2.89. The summed E-state index contributed by atoms with van der Waals surface area (Å²) in [5.41, 5.74) is 2.87. The summed E-state index contributed by atoms with van der Waals surface area (Å²) in [4.78, 5) is 17.1. The maximum Gasteiger partial charge on any atom is 0.298 e. The SMILES string of the molecule is CN1CCN(c2ccc(NC(=O)c3ccc(COS(=O)(=O)c4ccccc4C#N)cc3)cc2)CC1. The van der Waals surface area contributed by atoms with Gasteiger partial charge in [0.15, 0.2) is 0 Å². The molecule has 0 atom stereocenters. The molecule has 3 aromatic carbocycles. The number of carbonyl (C=O) groups excluding carboxylic acids is 1. The molecule has 0 aromatic heterocycles. The summed E-state index contributed by atoms with van der Waals surface area (Å²) in [5, 5.41) is 12.0. The third kappa shape index (κ3) is 6.05. The van der Waals surface area contributed by atoms with Crippen LogP contribution in [0.4, 0.5) is 11.4 Å². The molecule has 0 spiro atoms. The van der Waals surface area contributed by atoms with E-state index in [0.29, 0.717) is 16.8 Å². The van der Waals surface area contributed by atoms with Gasteiger partial charge < -0.3 is 15.1 Å². The summed E-state index contributed by atoms with van der Waals surface area (Å²) in [6.45, 7) is 3.80. The Morgan fingerprint density at radius 1 is 0.971 bits per heavy atom. The molecule has 0 unspecified atom stereocenters. The van der Waals surface area contributed by atoms with E-state index in [1.807, 2.05) is 30.3 Å². The van der Waals surface area contributed by atoms with E-state index in [1.165, 1.54) is 18.2 Å². The highest BCUT2D eigenvalue weighted by Crippen LogP contribution is 2.21. The number of benzene rings is 3. The number of piperazine rings is 1. The average molecular weight is 491 g/mol. The monoisotopic (exact) mass is 490 g/mol. The number of amides is 1. The zero-order valence-corrected chi connectivity index (χ0v) is 20.2. The zero-order valence-electron chi connectivity index (χ0n) is 19.3. The Bertz CT molecular complexity index is 1330. The van der Waals surface area contributed by atoms with Gasteiger partial charge in [0, 0.05) is 43.1 Å². The van der Waals surface area contributed by atoms with Crippen LogP contribution >= 0.6 is 0 Å². The van der Waals surface area contributed by atoms with Gasteiger partial charge in [0.2, 0.25) is 0 Å². The van der Waals surface area contributed by atoms with Crippen molar-refractivity contribution in [2.45, 2.75) is 11.5 Å². The predicted molar refractivity (Wildman–Crippen MR) is 134 cm³/mol. The van der Waals surface area contributed by atoms with Gasteiger partial charge in [0.1, 0.15) is 11.0 Å². The summed E-state index contributed by atoms with van der Waals surface area (Å²) in [6, 6.07) is 22.0. The van der Waals surface area contributed by atoms with Crippen molar-refractivity contribution < 1.29 is 17.4 Å². The second kappa shape index (κ2) is 10.7. The summed E-state index contributed by atoms with van der Waals surface area (Å²) < 4.78 is 30.0. The lowest BCUT2D eigenvalue weighted by atomic mass is 10.1. The van der Waals surface area contributed by atoms with E-state index in [0.717, 1.165) is 31.9 Å². The Morgan fingerprint density at radius 3 is 2.29 bits per heavy atom. The minimum atomic E-state index is -4.09. The Labute approximate surface area is 205 Å². The normalized spacial score (nSPS) is 14.3. The lowest BCUT2D eigenvalue weighted by molar-refractivity contribution is 0.102. The molecular formula is C26H26N4O4S. The van der Waals surface area contributed by atoms with Crippen molar-refractivity contribution >= 4 is 27.4 Å². The van der Waals surface area contributed by atoms with E-state index in [2.05, 4.69) is 22.2 Å². The van der Waals surface area contributed by atoms with Gasteiger partial charge in [-0.25, -0.2) is 0 Å². The standard InChI is InChI=1S/C26H26N4O4S/c1-29-14-16-30(17-15-29)24-12-10-23(11-13-24)28-26(31)21-8-6-20(7-9-21)19-34-35(32,33)25-5-3-2-4-22(25)18-27/h2-13H,14-17,19H2,1H3,(H,28,31). The van der Waals surface area contributed by atoms with Crippen molar-refractivity contribution in [3.05, 3.63) is 89.5 Å². The summed E-state index contributed by atoms with van der Waals surface area (Å²) in [7, 11) is -1.97. The first-order valence-electron chi connectivity index (χ1n) is 11.2. The first-order chi connectivity index (χ1) is 16.9. The molecule has 1 aliphatic heterocycles. The van der Waals surface area contributed by atoms with Crippen LogP contribution in [-0.4, -0.2) is 52.5 Å². The van der Waals surface area contributed by atoms with E-state index < -0.39 is 10.1 Å². The Balaban J connectivity index is 1.34. The van der Waals surface area contributed by atoms with Crippen LogP contribution < -0.4 is 10.2 Å². The number of hydrogen-bond acceptors (Lipinski definition) is 7. The second-order valence-corrected chi connectivity index (χ2v) is 9.90. The number of hydrogen-bond donors (Lipinski definition) is 1. The van der Waals surface area contributed by atoms with Crippen LogP contribution in [0.2, 0.25) is 0 Å². The maximum atomic E-state index is 12.6. The minimum absolute atomic E-state index is 0.0242. The quantitative estimate of drug-likeness (QED) is 0.506. The number of nitrogens with one attached hydrogen (secondary N) is 1. The topological polar surface area (TPSA) is 103 Å². The van der Waals surface area contributed by atoms with Crippen LogP contribution in [0, 0.1) is 11.3 Å². The van der Waals surface area contributed by atoms with Crippen LogP contribution in [0.15, 0.2) is 77.7 Å². The van der Waals surface area contributed by atoms with E-state index in [4.69, 9.17) is 9.44 Å². The number of carbonyl (C=O) groups is 1. The molecule has 0 aliphatic carbocycles. The van der Waals surface area contributed by atoms with Crippen LogP contribution in [0.5, 0.6) is 0 Å². The molecule has 3 aromatic rings. The van der Waals surface area contributed by atoms with Gasteiger partial charge in [-0.15, -0.1) is 0 Å². The fourth-order valence-corrected chi connectivity index (χ4v) is 4.81. The first kappa shape index (κ1) is 24.4. The fourth-order valence-electron chi connectivity index (χ4n) is 3.76. The highest BCUT2D eigenvalue weighted by atomic mass is 32.2. The third-order valence-electron chi connectivity index (χ3n) is 5.87. The van der Waals surface area contributed by atoms with Gasteiger partial charge in [0.05, 0.1) is 12.2 Å². The van der Waals surface area contributed by atoms with Crippen molar-refractivity contribution in [3.8, 4) is 6.07 Å². The van der Waals surface area contributed by atoms with Gasteiger partial charge in [0.25, 0.3) is 16.0 Å². The Morgan fingerprint density at radius 2 is 1.63 bits per heavy atom. The molecular weight excluding hydrogens is 464 g/mol. The summed E-state index contributed by atoms with van der Waals surface area (Å²) in [6.07, 6.45) is 0. The molecule has 1 fully saturated rings. The lowest BCUT2D eigenvalue weighted by Gasteiger charge is -2.34. The van der Waals surface area contributed by atoms with Crippen LogP contribution in [0.25, 0.3) is 0 Å². The predicted octanol–water partition coefficient (Wildman–Crippen LogP) is 3.47. The number of rotatable bonds is 7. The van der Waals surface area contributed by atoms with Gasteiger partial charge in [-0.1, -0.05) is 24.3 Å². The van der Waals surface area contributed by atoms with Crippen molar-refractivity contribution in [1.82, 2.24) is 4.90 Å². The number of nitrogens with zero attached hydrogens (tertiary/aromatic N) is 3. The summed E-state index contributed by atoms with van der Waals surface area (Å²) in [5.74, 6) is -0.264. The molecule has 8 nitrogen and oxygen atoms in total. The van der Waals surface area contributed by atoms with E-state index in [-0.39, 0.29) is 23.0 Å². The molecule has 1 amide bonds. The minimum Gasteiger partial charge on any atom is -0.369 e. The molecule has 180 valence electrons. The molecule has 1 heterocycles. The third-order valence-corrected chi connectivity index (χ3v) is 7.19. The number of anilines is 2. The molecule has 0 saturated carbocycles. The van der Waals surface area contributed by atoms with Crippen LogP contribution in [-0.2, 0) is 20.9 Å². The van der Waals surface area contributed by atoms with Crippen molar-refractivity contribution in [2.24, 2.45) is 0 Å². The van der Waals surface area contributed by atoms with Crippen LogP contribution in [0.1, 0.15) is 21.5 Å². The molecule has 1 saturated heterocycles. The Kier molecular flexibility index (Phi) is 7.46. The van der Waals surface area contributed by atoms with Gasteiger partial charge in [-0.05, 0) is 61.1 Å². The first-order valence-corrected chi connectivity index (χ1v) is 12.6. The molecule has 9 heteroatoms. The van der Waals surface area contributed by atoms with Crippen molar-refractivity contribution in [3.63, 3.8) is 0 Å². The largest absolute Gasteiger partial charge is 0.369 e. The smallest absolute Gasteiger partial charge is 0.298 e. The molecule has 1 aliphatic rings. The van der Waals surface area contributed by atoms with Crippen molar-refractivity contribution in [2.75, 3.05) is 43.4 Å². The lowest BCUT2D eigenvalue weighted by Crippen LogP contribution is -2.44. The van der Waals surface area contributed by atoms with Gasteiger partial charge in [-0.2, -0.15) is 13.7 Å². The zero-order chi connectivity index (χ0) is 24.8. The number of nitriles is 1. The maximum absolute atomic E-state index is 12.6. The van der Waals surface area contributed by atoms with Crippen molar-refractivity contribution in [1.29, 1.82) is 5.26 Å². The summed E-state index contributed by atoms with van der Waals surface area (Å²) >= 11 is 0. The van der Waals surface area contributed by atoms with Gasteiger partial charge in [-0.3, -0.25) is 8.98 Å². The molecule has 1 N–H and O–H groups in total. The highest BCUT2D eigenvalue weighted by Gasteiger charge is 2.19. The van der Waals surface area contributed by atoms with E-state index in [9.17, 15) is 13.2 Å². The second-order valence-electron chi connectivity index (χ2n) is 8.31. The van der Waals surface area contributed by atoms with Crippen LogP contribution in [0.3, 0.4) is 0 Å². The Hall–Kier alpha value is -3.71. The fraction of sp³-hybridized carbons (Fsp3) is 0.231. The molecule has 4 rings (SSSR count). The molecule has 0 bridgehead atoms. The van der Waals surface area contributed by atoms with E-state index in [1.54, 1.807) is 30.3 Å². The van der Waals surface area contributed by atoms with E-state index >= 15 is 0 Å². The number of likely N-dealkylation sites (N-methyl/N-ethyl adjacent to an activating group) is 1. The molecule has 0 radical (unpaired) electrons. The highest BCUT2D eigenvalue weighted by molar-refractivity contribution is 7.86. The molecule has 35 heavy (non-hydrogen) atoms.